The van der Waals surface area contributed by atoms with E-state index in [1.54, 1.807) is 16.7 Å². The maximum absolute atomic E-state index is 12.3. The Morgan fingerprint density at radius 3 is 2.71 bits per heavy atom. The molecule has 0 amide bonds. The van der Waals surface area contributed by atoms with Crippen molar-refractivity contribution in [1.29, 1.82) is 0 Å². The average molecular weight is 310 g/mol. The molecule has 0 fully saturated rings. The van der Waals surface area contributed by atoms with Gasteiger partial charge in [-0.3, -0.25) is 0 Å². The van der Waals surface area contributed by atoms with E-state index in [-0.39, 0.29) is 24.1 Å². The highest BCUT2D eigenvalue weighted by molar-refractivity contribution is 7.89. The second-order valence-corrected chi connectivity index (χ2v) is 6.63. The van der Waals surface area contributed by atoms with Gasteiger partial charge in [-0.1, -0.05) is 0 Å². The third-order valence-electron chi connectivity index (χ3n) is 3.01. The third-order valence-corrected chi connectivity index (χ3v) is 4.37. The predicted molar refractivity (Wildman–Crippen MR) is 76.8 cm³/mol. The minimum absolute atomic E-state index is 0.0658. The lowest BCUT2D eigenvalue weighted by molar-refractivity contribution is 0.268. The molecule has 0 unspecified atom stereocenters. The van der Waals surface area contributed by atoms with Gasteiger partial charge in [0, 0.05) is 24.1 Å². The molecule has 2 aromatic heterocycles. The zero-order valence-corrected chi connectivity index (χ0v) is 12.7. The maximum Gasteiger partial charge on any atom is 0.242 e. The van der Waals surface area contributed by atoms with Gasteiger partial charge in [0.2, 0.25) is 10.0 Å². The summed E-state index contributed by atoms with van der Waals surface area (Å²) in [5.74, 6) is 0. The van der Waals surface area contributed by atoms with E-state index in [0.717, 1.165) is 0 Å². The van der Waals surface area contributed by atoms with Crippen LogP contribution in [0.25, 0.3) is 0 Å². The van der Waals surface area contributed by atoms with E-state index in [2.05, 4.69) is 14.9 Å². The number of sulfonamides is 1. The van der Waals surface area contributed by atoms with Gasteiger partial charge in [-0.25, -0.2) is 13.1 Å². The van der Waals surface area contributed by atoms with E-state index in [9.17, 15) is 13.5 Å². The van der Waals surface area contributed by atoms with Gasteiger partial charge in [0.15, 0.2) is 0 Å². The second-order valence-electron chi connectivity index (χ2n) is 4.87. The SMILES string of the molecule is CC(C)n1cc(S(=O)(=O)NCc2cccnn2)cc1CO. The van der Waals surface area contributed by atoms with E-state index in [1.807, 2.05) is 13.8 Å². The number of aliphatic hydroxyl groups is 1. The number of aliphatic hydroxyl groups excluding tert-OH is 1. The lowest BCUT2D eigenvalue weighted by atomic mass is 10.3. The van der Waals surface area contributed by atoms with Crippen molar-refractivity contribution in [2.24, 2.45) is 0 Å². The maximum atomic E-state index is 12.3. The molecule has 7 nitrogen and oxygen atoms in total. The molecule has 0 saturated heterocycles. The van der Waals surface area contributed by atoms with Crippen molar-refractivity contribution < 1.29 is 13.5 Å². The fourth-order valence-corrected chi connectivity index (χ4v) is 2.98. The van der Waals surface area contributed by atoms with Gasteiger partial charge in [0.05, 0.1) is 23.7 Å². The average Bonchev–Trinajstić information content (AvgIpc) is 2.92. The zero-order chi connectivity index (χ0) is 15.5. The lowest BCUT2D eigenvalue weighted by Crippen LogP contribution is -2.23. The van der Waals surface area contributed by atoms with E-state index in [1.165, 1.54) is 18.5 Å². The fraction of sp³-hybridized carbons (Fsp3) is 0.385. The van der Waals surface area contributed by atoms with Crippen LogP contribution in [0.5, 0.6) is 0 Å². The standard InChI is InChI=1S/C13H18N4O3S/c1-10(2)17-8-13(6-12(17)9-18)21(19,20)15-7-11-4-3-5-14-16-11/h3-6,8,10,15,18H,7,9H2,1-2H3. The first-order valence-electron chi connectivity index (χ1n) is 6.52. The Bertz CT molecular complexity index is 695. The second kappa shape index (κ2) is 6.33. The molecule has 0 radical (unpaired) electrons. The summed E-state index contributed by atoms with van der Waals surface area (Å²) in [5, 5.41) is 16.8. The van der Waals surface area contributed by atoms with E-state index >= 15 is 0 Å². The summed E-state index contributed by atoms with van der Waals surface area (Å²) in [6.45, 7) is 3.69. The fourth-order valence-electron chi connectivity index (χ4n) is 1.93. The van der Waals surface area contributed by atoms with Gasteiger partial charge in [-0.2, -0.15) is 10.2 Å². The van der Waals surface area contributed by atoms with Gasteiger partial charge in [-0.15, -0.1) is 0 Å². The number of nitrogens with zero attached hydrogens (tertiary/aromatic N) is 3. The van der Waals surface area contributed by atoms with Crippen LogP contribution in [0.2, 0.25) is 0 Å². The Morgan fingerprint density at radius 2 is 2.19 bits per heavy atom. The summed E-state index contributed by atoms with van der Waals surface area (Å²) in [6.07, 6.45) is 3.05. The minimum atomic E-state index is -3.65. The van der Waals surface area contributed by atoms with Crippen molar-refractivity contribution in [3.8, 4) is 0 Å². The molecule has 2 N–H and O–H groups in total. The van der Waals surface area contributed by atoms with Crippen LogP contribution >= 0.6 is 0 Å². The summed E-state index contributed by atoms with van der Waals surface area (Å²) in [7, 11) is -3.65. The molecule has 2 aromatic rings. The molecule has 2 rings (SSSR count). The molecule has 0 bridgehead atoms. The highest BCUT2D eigenvalue weighted by Gasteiger charge is 2.19. The molecule has 0 atom stereocenters. The summed E-state index contributed by atoms with van der Waals surface area (Å²) in [4.78, 5) is 0.129. The smallest absolute Gasteiger partial charge is 0.242 e. The van der Waals surface area contributed by atoms with Crippen molar-refractivity contribution in [3.63, 3.8) is 0 Å². The molecular weight excluding hydrogens is 292 g/mol. The van der Waals surface area contributed by atoms with Crippen LogP contribution in [0.15, 0.2) is 35.5 Å². The van der Waals surface area contributed by atoms with Gasteiger partial charge in [-0.05, 0) is 32.0 Å². The van der Waals surface area contributed by atoms with Gasteiger partial charge >= 0.3 is 0 Å². The molecule has 114 valence electrons. The highest BCUT2D eigenvalue weighted by Crippen LogP contribution is 2.19. The molecular formula is C13H18N4O3S. The number of hydrogen-bond acceptors (Lipinski definition) is 5. The Hall–Kier alpha value is -1.77. The van der Waals surface area contributed by atoms with Crippen LogP contribution in [-0.4, -0.2) is 28.3 Å². The normalized spacial score (nSPS) is 12.0. The Morgan fingerprint density at radius 1 is 1.43 bits per heavy atom. The largest absolute Gasteiger partial charge is 0.390 e. The lowest BCUT2D eigenvalue weighted by Gasteiger charge is -2.10. The van der Waals surface area contributed by atoms with Crippen LogP contribution in [0.3, 0.4) is 0 Å². The summed E-state index contributed by atoms with van der Waals surface area (Å²) >= 11 is 0. The van der Waals surface area contributed by atoms with Crippen molar-refractivity contribution in [2.75, 3.05) is 0 Å². The Labute approximate surface area is 123 Å². The number of hydrogen-bond donors (Lipinski definition) is 2. The van der Waals surface area contributed by atoms with Crippen molar-refractivity contribution in [2.45, 2.75) is 37.9 Å². The molecule has 8 heteroatoms. The Balaban J connectivity index is 2.20. The monoisotopic (exact) mass is 310 g/mol. The molecule has 0 aliphatic carbocycles. The molecule has 2 heterocycles. The van der Waals surface area contributed by atoms with Crippen molar-refractivity contribution in [3.05, 3.63) is 42.0 Å². The van der Waals surface area contributed by atoms with E-state index < -0.39 is 10.0 Å². The highest BCUT2D eigenvalue weighted by atomic mass is 32.2. The quantitative estimate of drug-likeness (QED) is 0.823. The number of nitrogens with one attached hydrogen (secondary N) is 1. The predicted octanol–water partition coefficient (Wildman–Crippen LogP) is 0.830. The first kappa shape index (κ1) is 15.6. The van der Waals surface area contributed by atoms with Crippen LogP contribution in [0.4, 0.5) is 0 Å². The van der Waals surface area contributed by atoms with Gasteiger partial charge < -0.3 is 9.67 Å². The molecule has 21 heavy (non-hydrogen) atoms. The molecule has 0 aromatic carbocycles. The summed E-state index contributed by atoms with van der Waals surface area (Å²) in [6, 6.07) is 4.92. The van der Waals surface area contributed by atoms with Crippen molar-refractivity contribution >= 4 is 10.0 Å². The number of aromatic nitrogens is 3. The first-order chi connectivity index (χ1) is 9.94. The number of rotatable bonds is 6. The Kier molecular flexibility index (Phi) is 4.71. The zero-order valence-electron chi connectivity index (χ0n) is 11.9. The van der Waals surface area contributed by atoms with Crippen LogP contribution < -0.4 is 4.72 Å². The third kappa shape index (κ3) is 3.66. The topological polar surface area (TPSA) is 97.1 Å². The molecule has 0 aliphatic heterocycles. The van der Waals surface area contributed by atoms with Crippen LogP contribution in [-0.2, 0) is 23.2 Å². The summed E-state index contributed by atoms with van der Waals surface area (Å²) < 4.78 is 28.7. The van der Waals surface area contributed by atoms with Crippen molar-refractivity contribution in [1.82, 2.24) is 19.5 Å². The summed E-state index contributed by atoms with van der Waals surface area (Å²) in [5.41, 5.74) is 1.09. The van der Waals surface area contributed by atoms with E-state index in [0.29, 0.717) is 11.4 Å². The minimum Gasteiger partial charge on any atom is -0.390 e. The van der Waals surface area contributed by atoms with Crippen LogP contribution in [0, 0.1) is 0 Å². The van der Waals surface area contributed by atoms with E-state index in [4.69, 9.17) is 0 Å². The molecule has 0 spiro atoms. The van der Waals surface area contributed by atoms with Gasteiger partial charge in [0.25, 0.3) is 0 Å². The molecule has 0 aliphatic rings. The molecule has 0 saturated carbocycles. The first-order valence-corrected chi connectivity index (χ1v) is 8.00. The van der Waals surface area contributed by atoms with Gasteiger partial charge in [0.1, 0.15) is 0 Å². The van der Waals surface area contributed by atoms with Crippen LogP contribution in [0.1, 0.15) is 31.3 Å².